The van der Waals surface area contributed by atoms with Gasteiger partial charge in [-0.2, -0.15) is 0 Å². The van der Waals surface area contributed by atoms with E-state index >= 15 is 0 Å². The zero-order valence-electron chi connectivity index (χ0n) is 12.4. The summed E-state index contributed by atoms with van der Waals surface area (Å²) >= 11 is 0. The molecule has 0 atom stereocenters. The van der Waals surface area contributed by atoms with E-state index in [2.05, 4.69) is 0 Å². The van der Waals surface area contributed by atoms with E-state index in [1.165, 1.54) is 25.7 Å². The summed E-state index contributed by atoms with van der Waals surface area (Å²) < 4.78 is 0. The molecule has 1 spiro atoms. The number of carbonyl (C=O) groups excluding carboxylic acids is 2. The Morgan fingerprint density at radius 1 is 1.29 bits per heavy atom. The van der Waals surface area contributed by atoms with Gasteiger partial charge in [0.05, 0.1) is 11.1 Å². The number of hydrogen-bond donors (Lipinski definition) is 1. The number of carbonyl (C=O) groups is 2. The van der Waals surface area contributed by atoms with Gasteiger partial charge < -0.3 is 10.0 Å². The molecule has 21 heavy (non-hydrogen) atoms. The molecule has 0 aromatic heterocycles. The van der Waals surface area contributed by atoms with Crippen LogP contribution in [-0.2, 0) is 0 Å². The maximum absolute atomic E-state index is 12.7. The molecule has 0 radical (unpaired) electrons. The number of piperidine rings is 1. The zero-order chi connectivity index (χ0) is 15.0. The molecule has 1 aromatic rings. The van der Waals surface area contributed by atoms with Crippen molar-refractivity contribution < 1.29 is 14.7 Å². The molecule has 1 aliphatic carbocycles. The third-order valence-corrected chi connectivity index (χ3v) is 5.00. The van der Waals surface area contributed by atoms with Crippen LogP contribution in [0.25, 0.3) is 0 Å². The Bertz CT molecular complexity index is 590. The van der Waals surface area contributed by atoms with Crippen LogP contribution >= 0.6 is 0 Å². The molecule has 1 aromatic carbocycles. The van der Waals surface area contributed by atoms with Gasteiger partial charge in [0.1, 0.15) is 5.75 Å². The topological polar surface area (TPSA) is 57.6 Å². The van der Waals surface area contributed by atoms with E-state index in [0.717, 1.165) is 25.1 Å². The third kappa shape index (κ3) is 2.43. The van der Waals surface area contributed by atoms with Crippen LogP contribution in [0.3, 0.4) is 0 Å². The van der Waals surface area contributed by atoms with Gasteiger partial charge in [-0.1, -0.05) is 6.42 Å². The van der Waals surface area contributed by atoms with Crippen LogP contribution in [0, 0.1) is 12.3 Å². The van der Waals surface area contributed by atoms with Gasteiger partial charge in [0.15, 0.2) is 6.29 Å². The molecular weight excluding hydrogens is 266 g/mol. The number of hydrogen-bond acceptors (Lipinski definition) is 3. The standard InChI is InChI=1S/C17H21NO3/c1-12-8-13(10-19)15(20)14(9-12)16(21)18-7-3-6-17(11-18)4-2-5-17/h8-10,20H,2-7,11H2,1H3. The van der Waals surface area contributed by atoms with Gasteiger partial charge in [-0.3, -0.25) is 9.59 Å². The molecule has 1 saturated carbocycles. The second-order valence-corrected chi connectivity index (χ2v) is 6.55. The summed E-state index contributed by atoms with van der Waals surface area (Å²) in [7, 11) is 0. The summed E-state index contributed by atoms with van der Waals surface area (Å²) in [6, 6.07) is 3.27. The molecule has 112 valence electrons. The first kappa shape index (κ1) is 14.1. The van der Waals surface area contributed by atoms with Crippen LogP contribution in [0.1, 0.15) is 58.4 Å². The van der Waals surface area contributed by atoms with E-state index in [1.54, 1.807) is 12.1 Å². The highest BCUT2D eigenvalue weighted by atomic mass is 16.3. The van der Waals surface area contributed by atoms with E-state index in [9.17, 15) is 14.7 Å². The zero-order valence-corrected chi connectivity index (χ0v) is 12.4. The lowest BCUT2D eigenvalue weighted by molar-refractivity contribution is 0.0184. The van der Waals surface area contributed by atoms with Crippen molar-refractivity contribution in [2.45, 2.75) is 39.0 Å². The maximum Gasteiger partial charge on any atom is 0.257 e. The Morgan fingerprint density at radius 3 is 2.62 bits per heavy atom. The second kappa shape index (κ2) is 5.17. The smallest absolute Gasteiger partial charge is 0.257 e. The predicted molar refractivity (Wildman–Crippen MR) is 79.7 cm³/mol. The van der Waals surface area contributed by atoms with Gasteiger partial charge in [0.2, 0.25) is 0 Å². The van der Waals surface area contributed by atoms with Crippen LogP contribution in [0.2, 0.25) is 0 Å². The number of rotatable bonds is 2. The van der Waals surface area contributed by atoms with Crippen LogP contribution in [-0.4, -0.2) is 35.3 Å². The number of aldehydes is 1. The molecule has 1 heterocycles. The summed E-state index contributed by atoms with van der Waals surface area (Å²) in [6.45, 7) is 3.35. The molecule has 3 rings (SSSR count). The van der Waals surface area contributed by atoms with Crippen molar-refractivity contribution in [3.63, 3.8) is 0 Å². The van der Waals surface area contributed by atoms with E-state index in [4.69, 9.17) is 0 Å². The molecule has 0 unspecified atom stereocenters. The molecular formula is C17H21NO3. The Balaban J connectivity index is 1.88. The molecule has 2 fully saturated rings. The van der Waals surface area contributed by atoms with Crippen LogP contribution in [0.15, 0.2) is 12.1 Å². The fraction of sp³-hybridized carbons (Fsp3) is 0.529. The predicted octanol–water partition coefficient (Wildman–Crippen LogP) is 2.92. The van der Waals surface area contributed by atoms with Gasteiger partial charge in [-0.15, -0.1) is 0 Å². The minimum atomic E-state index is -0.186. The fourth-order valence-corrected chi connectivity index (χ4v) is 3.70. The highest BCUT2D eigenvalue weighted by Crippen LogP contribution is 2.47. The summed E-state index contributed by atoms with van der Waals surface area (Å²) in [5, 5.41) is 10.1. The van der Waals surface area contributed by atoms with Crippen LogP contribution in [0.5, 0.6) is 5.75 Å². The van der Waals surface area contributed by atoms with Crippen LogP contribution < -0.4 is 0 Å². The first-order chi connectivity index (χ1) is 10.0. The molecule has 2 aliphatic rings. The van der Waals surface area contributed by atoms with Crippen molar-refractivity contribution in [3.05, 3.63) is 28.8 Å². The Morgan fingerprint density at radius 2 is 2.00 bits per heavy atom. The van der Waals surface area contributed by atoms with Crippen molar-refractivity contribution in [2.24, 2.45) is 5.41 Å². The van der Waals surface area contributed by atoms with E-state index in [1.807, 2.05) is 11.8 Å². The number of likely N-dealkylation sites (tertiary alicyclic amines) is 1. The Labute approximate surface area is 124 Å². The number of phenols is 1. The van der Waals surface area contributed by atoms with Crippen molar-refractivity contribution in [1.29, 1.82) is 0 Å². The maximum atomic E-state index is 12.7. The molecule has 0 bridgehead atoms. The molecule has 1 N–H and O–H groups in total. The summed E-state index contributed by atoms with van der Waals surface area (Å²) in [6.07, 6.45) is 6.50. The second-order valence-electron chi connectivity index (χ2n) is 6.55. The number of nitrogens with zero attached hydrogens (tertiary/aromatic N) is 1. The lowest BCUT2D eigenvalue weighted by Crippen LogP contribution is -2.49. The monoisotopic (exact) mass is 287 g/mol. The minimum absolute atomic E-state index is 0.148. The molecule has 1 amide bonds. The normalized spacial score (nSPS) is 20.1. The number of amides is 1. The summed E-state index contributed by atoms with van der Waals surface area (Å²) in [4.78, 5) is 25.6. The number of phenolic OH excluding ortho intramolecular Hbond substituents is 1. The Kier molecular flexibility index (Phi) is 3.47. The SMILES string of the molecule is Cc1cc(C=O)c(O)c(C(=O)N2CCCC3(CCC3)C2)c1. The van der Waals surface area contributed by atoms with Crippen molar-refractivity contribution in [1.82, 2.24) is 4.90 Å². The molecule has 4 nitrogen and oxygen atoms in total. The van der Waals surface area contributed by atoms with Gasteiger partial charge >= 0.3 is 0 Å². The van der Waals surface area contributed by atoms with Crippen molar-refractivity contribution >= 4 is 12.2 Å². The summed E-state index contributed by atoms with van der Waals surface area (Å²) in [5.74, 6) is -0.334. The highest BCUT2D eigenvalue weighted by molar-refractivity contribution is 6.00. The molecule has 1 saturated heterocycles. The van der Waals surface area contributed by atoms with Gasteiger partial charge in [-0.05, 0) is 55.7 Å². The summed E-state index contributed by atoms with van der Waals surface area (Å²) in [5.41, 5.74) is 1.58. The highest BCUT2D eigenvalue weighted by Gasteiger charge is 2.42. The van der Waals surface area contributed by atoms with E-state index < -0.39 is 0 Å². The first-order valence-corrected chi connectivity index (χ1v) is 7.63. The minimum Gasteiger partial charge on any atom is -0.506 e. The van der Waals surface area contributed by atoms with Gasteiger partial charge in [0.25, 0.3) is 5.91 Å². The van der Waals surface area contributed by atoms with Gasteiger partial charge in [-0.25, -0.2) is 0 Å². The first-order valence-electron chi connectivity index (χ1n) is 7.63. The van der Waals surface area contributed by atoms with E-state index in [-0.39, 0.29) is 22.8 Å². The van der Waals surface area contributed by atoms with E-state index in [0.29, 0.717) is 11.7 Å². The number of aryl methyl sites for hydroxylation is 1. The number of aromatic hydroxyl groups is 1. The fourth-order valence-electron chi connectivity index (χ4n) is 3.70. The lowest BCUT2D eigenvalue weighted by atomic mass is 9.64. The average Bonchev–Trinajstić information content (AvgIpc) is 2.47. The Hall–Kier alpha value is -1.84. The molecule has 1 aliphatic heterocycles. The number of benzene rings is 1. The van der Waals surface area contributed by atoms with Crippen LogP contribution in [0.4, 0.5) is 0 Å². The third-order valence-electron chi connectivity index (χ3n) is 5.00. The van der Waals surface area contributed by atoms with Crippen molar-refractivity contribution in [2.75, 3.05) is 13.1 Å². The quantitative estimate of drug-likeness (QED) is 0.851. The lowest BCUT2D eigenvalue weighted by Gasteiger charge is -2.49. The largest absolute Gasteiger partial charge is 0.506 e. The van der Waals surface area contributed by atoms with Gasteiger partial charge in [0, 0.05) is 13.1 Å². The van der Waals surface area contributed by atoms with Crippen molar-refractivity contribution in [3.8, 4) is 5.75 Å². The average molecular weight is 287 g/mol. The molecule has 4 heteroatoms.